The molecule has 0 saturated heterocycles. The van der Waals surface area contributed by atoms with Crippen molar-refractivity contribution in [3.8, 4) is 28.6 Å². The molecule has 0 aliphatic rings. The zero-order chi connectivity index (χ0) is 14.8. The monoisotopic (exact) mass is 320 g/mol. The molecular weight excluding hydrogens is 311 g/mol. The van der Waals surface area contributed by atoms with Gasteiger partial charge in [0.2, 0.25) is 5.82 Å². The molecule has 0 aliphatic carbocycles. The van der Waals surface area contributed by atoms with Crippen LogP contribution in [-0.4, -0.2) is 17.3 Å². The Morgan fingerprint density at radius 1 is 1.05 bits per heavy atom. The summed E-state index contributed by atoms with van der Waals surface area (Å²) in [7, 11) is 1.57. The molecule has 21 heavy (non-hydrogen) atoms. The van der Waals surface area contributed by atoms with E-state index < -0.39 is 0 Å². The highest BCUT2D eigenvalue weighted by Gasteiger charge is 2.16. The maximum absolute atomic E-state index is 6.12. The summed E-state index contributed by atoms with van der Waals surface area (Å²) in [6.07, 6.45) is 0. The van der Waals surface area contributed by atoms with E-state index in [1.807, 2.05) is 18.2 Å². The Morgan fingerprint density at radius 3 is 2.62 bits per heavy atom. The summed E-state index contributed by atoms with van der Waals surface area (Å²) in [4.78, 5) is 4.36. The van der Waals surface area contributed by atoms with Crippen LogP contribution in [0.2, 0.25) is 10.0 Å². The zero-order valence-electron chi connectivity index (χ0n) is 11.0. The molecule has 6 heteroatoms. The van der Waals surface area contributed by atoms with Gasteiger partial charge in [-0.05, 0) is 30.3 Å². The van der Waals surface area contributed by atoms with Gasteiger partial charge < -0.3 is 9.26 Å². The van der Waals surface area contributed by atoms with Crippen molar-refractivity contribution in [2.75, 3.05) is 7.11 Å². The Hall–Kier alpha value is -2.04. The van der Waals surface area contributed by atoms with Crippen LogP contribution in [0.1, 0.15) is 0 Å². The number of methoxy groups -OCH3 is 1. The molecule has 3 rings (SSSR count). The molecule has 0 radical (unpaired) electrons. The molecular formula is C15H10Cl2N2O2. The lowest BCUT2D eigenvalue weighted by molar-refractivity contribution is 0.413. The lowest BCUT2D eigenvalue weighted by atomic mass is 10.2. The minimum Gasteiger partial charge on any atom is -0.496 e. The number of hydrogen-bond donors (Lipinski definition) is 0. The molecule has 3 aromatic rings. The maximum atomic E-state index is 6.12. The van der Waals surface area contributed by atoms with E-state index in [1.165, 1.54) is 0 Å². The normalized spacial score (nSPS) is 10.6. The van der Waals surface area contributed by atoms with Crippen LogP contribution in [0.25, 0.3) is 22.8 Å². The third kappa shape index (κ3) is 2.73. The minimum absolute atomic E-state index is 0.345. The summed E-state index contributed by atoms with van der Waals surface area (Å²) in [6.45, 7) is 0. The number of halogens is 2. The van der Waals surface area contributed by atoms with Crippen LogP contribution < -0.4 is 4.74 Å². The summed E-state index contributed by atoms with van der Waals surface area (Å²) in [5, 5.41) is 5.08. The number of hydrogen-bond acceptors (Lipinski definition) is 4. The minimum atomic E-state index is 0.345. The number of benzene rings is 2. The fraction of sp³-hybridized carbons (Fsp3) is 0.0667. The van der Waals surface area contributed by atoms with Gasteiger partial charge >= 0.3 is 0 Å². The van der Waals surface area contributed by atoms with E-state index in [1.54, 1.807) is 31.4 Å². The second-order valence-electron chi connectivity index (χ2n) is 4.25. The maximum Gasteiger partial charge on any atom is 0.259 e. The summed E-state index contributed by atoms with van der Waals surface area (Å²) in [5.41, 5.74) is 1.34. The zero-order valence-corrected chi connectivity index (χ0v) is 12.5. The molecule has 1 aromatic heterocycles. The summed E-state index contributed by atoms with van der Waals surface area (Å²) in [6, 6.07) is 12.5. The molecule has 0 N–H and O–H groups in total. The van der Waals surface area contributed by atoms with Crippen molar-refractivity contribution >= 4 is 23.2 Å². The molecule has 0 bridgehead atoms. The summed E-state index contributed by atoms with van der Waals surface area (Å²) >= 11 is 12.1. The van der Waals surface area contributed by atoms with Crippen molar-refractivity contribution in [2.24, 2.45) is 0 Å². The van der Waals surface area contributed by atoms with Crippen LogP contribution in [0, 0.1) is 0 Å². The lowest BCUT2D eigenvalue weighted by Crippen LogP contribution is -1.89. The van der Waals surface area contributed by atoms with Crippen molar-refractivity contribution in [1.82, 2.24) is 10.1 Å². The molecule has 0 spiro atoms. The van der Waals surface area contributed by atoms with Gasteiger partial charge in [0.25, 0.3) is 5.89 Å². The fourth-order valence-corrected chi connectivity index (χ4v) is 2.32. The quantitative estimate of drug-likeness (QED) is 0.700. The van der Waals surface area contributed by atoms with E-state index in [0.29, 0.717) is 38.6 Å². The first-order valence-electron chi connectivity index (χ1n) is 6.11. The molecule has 106 valence electrons. The van der Waals surface area contributed by atoms with Gasteiger partial charge in [-0.2, -0.15) is 4.98 Å². The van der Waals surface area contributed by atoms with E-state index in [4.69, 9.17) is 32.5 Å². The van der Waals surface area contributed by atoms with Crippen molar-refractivity contribution < 1.29 is 9.26 Å². The van der Waals surface area contributed by atoms with Crippen molar-refractivity contribution in [2.45, 2.75) is 0 Å². The van der Waals surface area contributed by atoms with E-state index in [9.17, 15) is 0 Å². The molecule has 2 aromatic carbocycles. The van der Waals surface area contributed by atoms with E-state index in [0.717, 1.165) is 0 Å². The topological polar surface area (TPSA) is 48.2 Å². The number of nitrogens with zero attached hydrogens (tertiary/aromatic N) is 2. The van der Waals surface area contributed by atoms with Gasteiger partial charge in [0.15, 0.2) is 0 Å². The average Bonchev–Trinajstić information content (AvgIpc) is 2.97. The van der Waals surface area contributed by atoms with Crippen LogP contribution in [0.4, 0.5) is 0 Å². The van der Waals surface area contributed by atoms with Crippen LogP contribution in [0.15, 0.2) is 47.0 Å². The van der Waals surface area contributed by atoms with E-state index in [2.05, 4.69) is 10.1 Å². The molecule has 0 saturated carbocycles. The van der Waals surface area contributed by atoms with Crippen molar-refractivity contribution in [3.05, 3.63) is 52.5 Å². The average molecular weight is 321 g/mol. The molecule has 0 atom stereocenters. The van der Waals surface area contributed by atoms with Crippen LogP contribution in [0.5, 0.6) is 5.75 Å². The number of ether oxygens (including phenoxy) is 1. The first-order chi connectivity index (χ1) is 10.2. The van der Waals surface area contributed by atoms with Gasteiger partial charge in [-0.3, -0.25) is 0 Å². The summed E-state index contributed by atoms with van der Waals surface area (Å²) in [5.74, 6) is 1.35. The number of aromatic nitrogens is 2. The third-order valence-corrected chi connectivity index (χ3v) is 3.50. The van der Waals surface area contributed by atoms with Gasteiger partial charge in [-0.1, -0.05) is 40.5 Å². The van der Waals surface area contributed by atoms with Crippen molar-refractivity contribution in [3.63, 3.8) is 0 Å². The van der Waals surface area contributed by atoms with Gasteiger partial charge in [0, 0.05) is 5.02 Å². The predicted molar refractivity (Wildman–Crippen MR) is 81.7 cm³/mol. The van der Waals surface area contributed by atoms with Gasteiger partial charge in [-0.25, -0.2) is 0 Å². The molecule has 4 nitrogen and oxygen atoms in total. The number of rotatable bonds is 3. The second kappa shape index (κ2) is 5.76. The van der Waals surface area contributed by atoms with E-state index >= 15 is 0 Å². The highest BCUT2D eigenvalue weighted by molar-refractivity contribution is 6.33. The summed E-state index contributed by atoms with van der Waals surface area (Å²) < 4.78 is 10.6. The van der Waals surface area contributed by atoms with Crippen LogP contribution >= 0.6 is 23.2 Å². The molecule has 1 heterocycles. The molecule has 0 fully saturated rings. The first kappa shape index (κ1) is 13.9. The lowest BCUT2D eigenvalue weighted by Gasteiger charge is -2.04. The van der Waals surface area contributed by atoms with Crippen LogP contribution in [-0.2, 0) is 0 Å². The van der Waals surface area contributed by atoms with Crippen molar-refractivity contribution in [1.29, 1.82) is 0 Å². The Kier molecular flexibility index (Phi) is 3.82. The molecule has 0 unspecified atom stereocenters. The Labute approximate surface area is 131 Å². The largest absolute Gasteiger partial charge is 0.496 e. The Balaban J connectivity index is 2.07. The second-order valence-corrected chi connectivity index (χ2v) is 5.09. The van der Waals surface area contributed by atoms with Gasteiger partial charge in [0.1, 0.15) is 5.75 Å². The highest BCUT2D eigenvalue weighted by Crippen LogP contribution is 2.33. The molecule has 0 amide bonds. The highest BCUT2D eigenvalue weighted by atomic mass is 35.5. The smallest absolute Gasteiger partial charge is 0.259 e. The van der Waals surface area contributed by atoms with Gasteiger partial charge in [-0.15, -0.1) is 0 Å². The standard InChI is InChI=1S/C15H10Cl2N2O2/c1-20-13-7-6-9(16)8-11(13)14-18-15(21-19-14)10-4-2-3-5-12(10)17/h2-8H,1H3. The third-order valence-electron chi connectivity index (χ3n) is 2.93. The molecule has 0 aliphatic heterocycles. The SMILES string of the molecule is COc1ccc(Cl)cc1-c1noc(-c2ccccc2Cl)n1. The van der Waals surface area contributed by atoms with Crippen LogP contribution in [0.3, 0.4) is 0 Å². The van der Waals surface area contributed by atoms with E-state index in [-0.39, 0.29) is 0 Å². The fourth-order valence-electron chi connectivity index (χ4n) is 1.93. The van der Waals surface area contributed by atoms with Gasteiger partial charge in [0.05, 0.1) is 23.3 Å². The Bertz CT molecular complexity index is 787. The first-order valence-corrected chi connectivity index (χ1v) is 6.87. The predicted octanol–water partition coefficient (Wildman–Crippen LogP) is 4.72. The Morgan fingerprint density at radius 2 is 1.86 bits per heavy atom.